The topological polar surface area (TPSA) is 93.0 Å². The monoisotopic (exact) mass is 339 g/mol. The first-order valence-corrected chi connectivity index (χ1v) is 7.96. The summed E-state index contributed by atoms with van der Waals surface area (Å²) in [6.07, 6.45) is 2.61. The van der Waals surface area contributed by atoms with Gasteiger partial charge in [0.15, 0.2) is 0 Å². The molecule has 0 unspecified atom stereocenters. The third kappa shape index (κ3) is 4.52. The van der Waals surface area contributed by atoms with Crippen molar-refractivity contribution in [3.8, 4) is 0 Å². The van der Waals surface area contributed by atoms with Crippen LogP contribution in [0.4, 0.5) is 9.80 Å². The molecule has 124 valence electrons. The van der Waals surface area contributed by atoms with Gasteiger partial charge in [-0.3, -0.25) is 14.9 Å². The van der Waals surface area contributed by atoms with Crippen LogP contribution in [0.3, 0.4) is 0 Å². The number of hydrogen-bond acceptors (Lipinski definition) is 6. The van der Waals surface area contributed by atoms with Gasteiger partial charge < -0.3 is 14.5 Å². The van der Waals surface area contributed by atoms with Gasteiger partial charge in [0, 0.05) is 43.2 Å². The number of rotatable bonds is 4. The number of carbonyl (C=O) groups excluding carboxylic acids is 2. The number of hydrogen-bond donors (Lipinski definition) is 0. The summed E-state index contributed by atoms with van der Waals surface area (Å²) in [5.74, 6) is -0.176. The Kier molecular flexibility index (Phi) is 5.69. The maximum Gasteiger partial charge on any atom is 0.409 e. The molecule has 2 heterocycles. The molecule has 1 aromatic rings. The Labute approximate surface area is 137 Å². The van der Waals surface area contributed by atoms with E-state index in [0.717, 1.165) is 11.3 Å². The predicted molar refractivity (Wildman–Crippen MR) is 85.2 cm³/mol. The highest BCUT2D eigenvalue weighted by Crippen LogP contribution is 2.24. The first-order chi connectivity index (χ1) is 11.0. The summed E-state index contributed by atoms with van der Waals surface area (Å²) < 4.78 is 4.92. The van der Waals surface area contributed by atoms with Gasteiger partial charge in [0.2, 0.25) is 5.91 Å². The molecular formula is C14H17N3O5S. The summed E-state index contributed by atoms with van der Waals surface area (Å²) in [6, 6.07) is 3.01. The Bertz CT molecular complexity index is 620. The number of carbonyl (C=O) groups is 2. The Balaban J connectivity index is 1.86. The van der Waals surface area contributed by atoms with Crippen molar-refractivity contribution in [3.63, 3.8) is 0 Å². The van der Waals surface area contributed by atoms with Crippen LogP contribution in [-0.4, -0.2) is 59.5 Å². The van der Waals surface area contributed by atoms with E-state index in [2.05, 4.69) is 0 Å². The van der Waals surface area contributed by atoms with Gasteiger partial charge >= 0.3 is 11.1 Å². The van der Waals surface area contributed by atoms with Crippen LogP contribution in [0.25, 0.3) is 6.08 Å². The van der Waals surface area contributed by atoms with Crippen molar-refractivity contribution in [2.45, 2.75) is 6.92 Å². The molecule has 0 bridgehead atoms. The zero-order valence-electron chi connectivity index (χ0n) is 12.6. The van der Waals surface area contributed by atoms with Crippen molar-refractivity contribution in [3.05, 3.63) is 33.2 Å². The first kappa shape index (κ1) is 16.9. The molecule has 0 N–H and O–H groups in total. The lowest BCUT2D eigenvalue weighted by Gasteiger charge is -2.33. The molecule has 1 fully saturated rings. The van der Waals surface area contributed by atoms with E-state index in [1.54, 1.807) is 28.9 Å². The van der Waals surface area contributed by atoms with E-state index >= 15 is 0 Å². The number of piperazine rings is 1. The highest BCUT2D eigenvalue weighted by atomic mass is 32.1. The zero-order chi connectivity index (χ0) is 16.8. The van der Waals surface area contributed by atoms with Gasteiger partial charge in [-0.2, -0.15) is 0 Å². The molecule has 0 aliphatic carbocycles. The Morgan fingerprint density at radius 1 is 1.30 bits per heavy atom. The third-order valence-electron chi connectivity index (χ3n) is 3.30. The fourth-order valence-electron chi connectivity index (χ4n) is 2.11. The lowest BCUT2D eigenvalue weighted by atomic mass is 10.3. The highest BCUT2D eigenvalue weighted by Gasteiger charge is 2.23. The van der Waals surface area contributed by atoms with Crippen LogP contribution in [0.5, 0.6) is 0 Å². The van der Waals surface area contributed by atoms with E-state index in [0.29, 0.717) is 37.7 Å². The van der Waals surface area contributed by atoms with Crippen molar-refractivity contribution in [1.29, 1.82) is 0 Å². The molecule has 1 saturated heterocycles. The SMILES string of the molecule is CCOC(=O)N1CCN(C(=O)/C=C/c2ccc([N+](=O)[O-])s2)CC1. The normalized spacial score (nSPS) is 15.0. The molecule has 8 nitrogen and oxygen atoms in total. The molecule has 0 spiro atoms. The molecule has 9 heteroatoms. The highest BCUT2D eigenvalue weighted by molar-refractivity contribution is 7.16. The van der Waals surface area contributed by atoms with Gasteiger partial charge in [0.25, 0.3) is 0 Å². The summed E-state index contributed by atoms with van der Waals surface area (Å²) in [6.45, 7) is 3.82. The summed E-state index contributed by atoms with van der Waals surface area (Å²) in [7, 11) is 0. The second-order valence-corrected chi connectivity index (χ2v) is 5.87. The first-order valence-electron chi connectivity index (χ1n) is 7.14. The Morgan fingerprint density at radius 2 is 1.96 bits per heavy atom. The lowest BCUT2D eigenvalue weighted by Crippen LogP contribution is -2.50. The van der Waals surface area contributed by atoms with Gasteiger partial charge in [-0.25, -0.2) is 4.79 Å². The molecule has 23 heavy (non-hydrogen) atoms. The molecule has 2 amide bonds. The summed E-state index contributed by atoms with van der Waals surface area (Å²) in [5.41, 5.74) is 0. The second kappa shape index (κ2) is 7.73. The Morgan fingerprint density at radius 3 is 2.52 bits per heavy atom. The van der Waals surface area contributed by atoms with Crippen LogP contribution in [0, 0.1) is 10.1 Å². The third-order valence-corrected chi connectivity index (χ3v) is 4.30. The average molecular weight is 339 g/mol. The smallest absolute Gasteiger partial charge is 0.409 e. The molecular weight excluding hydrogens is 322 g/mol. The predicted octanol–water partition coefficient (Wildman–Crippen LogP) is 1.97. The van der Waals surface area contributed by atoms with Crippen molar-refractivity contribution >= 4 is 34.4 Å². The van der Waals surface area contributed by atoms with E-state index < -0.39 is 4.92 Å². The minimum absolute atomic E-state index is 0.0418. The van der Waals surface area contributed by atoms with Gasteiger partial charge in [-0.05, 0) is 19.1 Å². The molecule has 0 saturated carbocycles. The second-order valence-electron chi connectivity index (χ2n) is 4.78. The number of ether oxygens (including phenoxy) is 1. The maximum atomic E-state index is 12.1. The number of amides is 2. The van der Waals surface area contributed by atoms with Crippen molar-refractivity contribution in [2.75, 3.05) is 32.8 Å². The van der Waals surface area contributed by atoms with E-state index in [-0.39, 0.29) is 17.0 Å². The largest absolute Gasteiger partial charge is 0.450 e. The van der Waals surface area contributed by atoms with Crippen LogP contribution in [0.15, 0.2) is 18.2 Å². The van der Waals surface area contributed by atoms with Crippen molar-refractivity contribution in [1.82, 2.24) is 9.80 Å². The minimum atomic E-state index is -0.460. The zero-order valence-corrected chi connectivity index (χ0v) is 13.5. The Hall–Kier alpha value is -2.42. The fourth-order valence-corrected chi connectivity index (χ4v) is 2.84. The molecule has 1 aromatic heterocycles. The molecule has 0 radical (unpaired) electrons. The summed E-state index contributed by atoms with van der Waals surface area (Å²) >= 11 is 1.01. The molecule has 0 aromatic carbocycles. The van der Waals surface area contributed by atoms with Gasteiger partial charge in [0.05, 0.1) is 11.5 Å². The van der Waals surface area contributed by atoms with Crippen molar-refractivity contribution < 1.29 is 19.2 Å². The van der Waals surface area contributed by atoms with Crippen molar-refractivity contribution in [2.24, 2.45) is 0 Å². The van der Waals surface area contributed by atoms with Gasteiger partial charge in [0.1, 0.15) is 0 Å². The maximum absolute atomic E-state index is 12.1. The van der Waals surface area contributed by atoms with E-state index in [4.69, 9.17) is 4.74 Å². The quantitative estimate of drug-likeness (QED) is 0.475. The van der Waals surface area contributed by atoms with Crippen LogP contribution >= 0.6 is 11.3 Å². The van der Waals surface area contributed by atoms with E-state index in [9.17, 15) is 19.7 Å². The molecule has 0 atom stereocenters. The molecule has 1 aliphatic heterocycles. The van der Waals surface area contributed by atoms with Crippen LogP contribution in [-0.2, 0) is 9.53 Å². The van der Waals surface area contributed by atoms with Crippen LogP contribution in [0.2, 0.25) is 0 Å². The number of nitro groups is 1. The minimum Gasteiger partial charge on any atom is -0.450 e. The van der Waals surface area contributed by atoms with Crippen LogP contribution < -0.4 is 0 Å². The molecule has 2 rings (SSSR count). The fraction of sp³-hybridized carbons (Fsp3) is 0.429. The summed E-state index contributed by atoms with van der Waals surface area (Å²) in [5, 5.41) is 10.6. The van der Waals surface area contributed by atoms with E-state index in [1.807, 2.05) is 0 Å². The van der Waals surface area contributed by atoms with E-state index in [1.165, 1.54) is 12.1 Å². The molecule has 1 aliphatic rings. The number of thiophene rings is 1. The van der Waals surface area contributed by atoms with Gasteiger partial charge in [-0.1, -0.05) is 11.3 Å². The van der Waals surface area contributed by atoms with Crippen LogP contribution in [0.1, 0.15) is 11.8 Å². The standard InChI is InChI=1S/C14H17N3O5S/c1-2-22-14(19)16-9-7-15(8-10-16)12(18)5-3-11-4-6-13(23-11)17(20)21/h3-6H,2,7-10H2,1H3/b5-3+. The van der Waals surface area contributed by atoms with Gasteiger partial charge in [-0.15, -0.1) is 0 Å². The average Bonchev–Trinajstić information content (AvgIpc) is 3.02. The summed E-state index contributed by atoms with van der Waals surface area (Å²) in [4.78, 5) is 37.7. The number of nitrogens with zero attached hydrogens (tertiary/aromatic N) is 3. The lowest BCUT2D eigenvalue weighted by molar-refractivity contribution is -0.380.